The Hall–Kier alpha value is -3.64. The Morgan fingerprint density at radius 1 is 1.20 bits per heavy atom. The summed E-state index contributed by atoms with van der Waals surface area (Å²) in [6.07, 6.45) is 10.1. The van der Waals surface area contributed by atoms with E-state index in [1.165, 1.54) is 6.08 Å². The van der Waals surface area contributed by atoms with E-state index in [4.69, 9.17) is 21.3 Å². The first-order chi connectivity index (χ1) is 17.1. The van der Waals surface area contributed by atoms with Gasteiger partial charge in [-0.3, -0.25) is 4.79 Å². The average Bonchev–Trinajstić information content (AvgIpc) is 3.30. The molecule has 1 saturated carbocycles. The van der Waals surface area contributed by atoms with Gasteiger partial charge in [-0.2, -0.15) is 0 Å². The SMILES string of the molecule is C=CC(=O)Nc1ccc(O[C@@H]2CCC[C@@H](Cc3ncc(Cl)c(-c4c[nH]c5ccccc45)n3)C2)cc1. The lowest BCUT2D eigenvalue weighted by Gasteiger charge is -2.29. The molecule has 2 aromatic heterocycles. The first kappa shape index (κ1) is 23.1. The average molecular weight is 487 g/mol. The number of benzene rings is 2. The summed E-state index contributed by atoms with van der Waals surface area (Å²) >= 11 is 6.50. The molecule has 1 aliphatic carbocycles. The Bertz CT molecular complexity index is 1350. The van der Waals surface area contributed by atoms with Gasteiger partial charge in [0.05, 0.1) is 16.8 Å². The van der Waals surface area contributed by atoms with Crippen molar-refractivity contribution >= 4 is 34.1 Å². The number of halogens is 1. The molecule has 0 aliphatic heterocycles. The zero-order valence-electron chi connectivity index (χ0n) is 19.3. The molecule has 2 N–H and O–H groups in total. The lowest BCUT2D eigenvalue weighted by Crippen LogP contribution is -2.27. The van der Waals surface area contributed by atoms with Crippen LogP contribution in [-0.4, -0.2) is 27.0 Å². The number of ether oxygens (including phenoxy) is 1. The number of rotatable bonds is 7. The van der Waals surface area contributed by atoms with Crippen molar-refractivity contribution in [1.82, 2.24) is 15.0 Å². The number of carbonyl (C=O) groups excluding carboxylic acids is 1. The Morgan fingerprint density at radius 2 is 2.03 bits per heavy atom. The molecule has 178 valence electrons. The van der Waals surface area contributed by atoms with E-state index < -0.39 is 0 Å². The number of anilines is 1. The summed E-state index contributed by atoms with van der Waals surface area (Å²) < 4.78 is 6.26. The highest BCUT2D eigenvalue weighted by Crippen LogP contribution is 2.34. The molecule has 0 radical (unpaired) electrons. The number of hydrogen-bond acceptors (Lipinski definition) is 4. The molecular weight excluding hydrogens is 460 g/mol. The molecule has 1 aliphatic rings. The molecule has 1 amide bonds. The summed E-state index contributed by atoms with van der Waals surface area (Å²) in [5.74, 6) is 1.82. The van der Waals surface area contributed by atoms with E-state index in [0.29, 0.717) is 10.9 Å². The Labute approximate surface area is 209 Å². The normalized spacial score (nSPS) is 17.7. The molecule has 35 heavy (non-hydrogen) atoms. The van der Waals surface area contributed by atoms with E-state index in [0.717, 1.165) is 71.5 Å². The van der Waals surface area contributed by atoms with E-state index in [-0.39, 0.29) is 12.0 Å². The van der Waals surface area contributed by atoms with Gasteiger partial charge in [-0.1, -0.05) is 36.4 Å². The monoisotopic (exact) mass is 486 g/mol. The van der Waals surface area contributed by atoms with Gasteiger partial charge >= 0.3 is 0 Å². The summed E-state index contributed by atoms with van der Waals surface area (Å²) in [6.45, 7) is 3.47. The van der Waals surface area contributed by atoms with E-state index in [1.54, 1.807) is 6.20 Å². The Morgan fingerprint density at radius 3 is 2.86 bits per heavy atom. The third-order valence-electron chi connectivity index (χ3n) is 6.45. The standard InChI is InChI=1S/C28H27ClN4O2/c1-2-27(34)32-19-10-12-20(13-11-19)35-21-7-5-6-18(14-21)15-26-31-17-24(29)28(33-26)23-16-30-25-9-4-3-8-22(23)25/h2-4,8-13,16-18,21,30H,1,5-7,14-15H2,(H,32,34)/t18-,21-/m1/s1. The summed E-state index contributed by atoms with van der Waals surface area (Å²) in [7, 11) is 0. The van der Waals surface area contributed by atoms with Crippen LogP contribution in [0, 0.1) is 5.92 Å². The van der Waals surface area contributed by atoms with Crippen molar-refractivity contribution < 1.29 is 9.53 Å². The summed E-state index contributed by atoms with van der Waals surface area (Å²) in [5, 5.41) is 4.40. The molecule has 1 fully saturated rings. The lowest BCUT2D eigenvalue weighted by atomic mass is 9.85. The molecular formula is C28H27ClN4O2. The van der Waals surface area contributed by atoms with Crippen LogP contribution >= 0.6 is 11.6 Å². The molecule has 0 unspecified atom stereocenters. The van der Waals surface area contributed by atoms with Gasteiger partial charge in [0, 0.05) is 41.0 Å². The highest BCUT2D eigenvalue weighted by atomic mass is 35.5. The highest BCUT2D eigenvalue weighted by molar-refractivity contribution is 6.33. The zero-order chi connectivity index (χ0) is 24.2. The summed E-state index contributed by atoms with van der Waals surface area (Å²) in [4.78, 5) is 24.2. The van der Waals surface area contributed by atoms with Crippen molar-refractivity contribution in [2.45, 2.75) is 38.2 Å². The van der Waals surface area contributed by atoms with E-state index in [1.807, 2.05) is 48.7 Å². The van der Waals surface area contributed by atoms with Gasteiger partial charge in [0.15, 0.2) is 0 Å². The molecule has 6 nitrogen and oxygen atoms in total. The molecule has 2 aromatic carbocycles. The van der Waals surface area contributed by atoms with Crippen LogP contribution in [0.25, 0.3) is 22.2 Å². The summed E-state index contributed by atoms with van der Waals surface area (Å²) in [5.41, 5.74) is 3.53. The van der Waals surface area contributed by atoms with Crippen LogP contribution in [0.15, 0.2) is 73.6 Å². The van der Waals surface area contributed by atoms with Crippen molar-refractivity contribution in [2.24, 2.45) is 5.92 Å². The summed E-state index contributed by atoms with van der Waals surface area (Å²) in [6, 6.07) is 15.6. The number of carbonyl (C=O) groups is 1. The van der Waals surface area contributed by atoms with Crippen LogP contribution in [0.5, 0.6) is 5.75 Å². The molecule has 4 aromatic rings. The van der Waals surface area contributed by atoms with Crippen LogP contribution in [-0.2, 0) is 11.2 Å². The second kappa shape index (κ2) is 10.3. The van der Waals surface area contributed by atoms with Crippen molar-refractivity contribution in [1.29, 1.82) is 0 Å². The second-order valence-electron chi connectivity index (χ2n) is 8.93. The van der Waals surface area contributed by atoms with Gasteiger partial charge in [-0.05, 0) is 68.0 Å². The Kier molecular flexibility index (Phi) is 6.82. The fourth-order valence-electron chi connectivity index (χ4n) is 4.75. The largest absolute Gasteiger partial charge is 0.490 e. The van der Waals surface area contributed by atoms with E-state index in [2.05, 4.69) is 27.9 Å². The van der Waals surface area contributed by atoms with Crippen LogP contribution < -0.4 is 10.1 Å². The number of H-pyrrole nitrogens is 1. The number of amides is 1. The smallest absolute Gasteiger partial charge is 0.247 e. The van der Waals surface area contributed by atoms with E-state index >= 15 is 0 Å². The van der Waals surface area contributed by atoms with Gasteiger partial charge < -0.3 is 15.0 Å². The van der Waals surface area contributed by atoms with Crippen molar-refractivity contribution in [3.63, 3.8) is 0 Å². The Balaban J connectivity index is 1.25. The number of nitrogens with zero attached hydrogens (tertiary/aromatic N) is 2. The molecule has 5 rings (SSSR count). The number of fused-ring (bicyclic) bond motifs is 1. The maximum atomic E-state index is 11.5. The van der Waals surface area contributed by atoms with Gasteiger partial charge in [-0.25, -0.2) is 9.97 Å². The first-order valence-electron chi connectivity index (χ1n) is 11.9. The van der Waals surface area contributed by atoms with Gasteiger partial charge in [0.2, 0.25) is 5.91 Å². The third-order valence-corrected chi connectivity index (χ3v) is 6.73. The third kappa shape index (κ3) is 5.38. The predicted octanol–water partition coefficient (Wildman–Crippen LogP) is 6.58. The van der Waals surface area contributed by atoms with E-state index in [9.17, 15) is 4.79 Å². The fraction of sp³-hybridized carbons (Fsp3) is 0.250. The molecule has 2 heterocycles. The predicted molar refractivity (Wildman–Crippen MR) is 140 cm³/mol. The maximum absolute atomic E-state index is 11.5. The molecule has 0 bridgehead atoms. The topological polar surface area (TPSA) is 79.9 Å². The van der Waals surface area contributed by atoms with Crippen molar-refractivity contribution in [2.75, 3.05) is 5.32 Å². The maximum Gasteiger partial charge on any atom is 0.247 e. The van der Waals surface area contributed by atoms with Gasteiger partial charge in [0.1, 0.15) is 11.6 Å². The second-order valence-corrected chi connectivity index (χ2v) is 9.33. The zero-order valence-corrected chi connectivity index (χ0v) is 20.1. The fourth-order valence-corrected chi connectivity index (χ4v) is 4.95. The lowest BCUT2D eigenvalue weighted by molar-refractivity contribution is -0.111. The minimum atomic E-state index is -0.230. The quantitative estimate of drug-likeness (QED) is 0.289. The van der Waals surface area contributed by atoms with Crippen molar-refractivity contribution in [3.05, 3.63) is 84.4 Å². The molecule has 0 saturated heterocycles. The molecule has 0 spiro atoms. The number of aromatic amines is 1. The van der Waals surface area contributed by atoms with Gasteiger partial charge in [0.25, 0.3) is 0 Å². The number of nitrogens with one attached hydrogen (secondary N) is 2. The number of aromatic nitrogens is 3. The molecule has 7 heteroatoms. The minimum absolute atomic E-state index is 0.141. The minimum Gasteiger partial charge on any atom is -0.490 e. The van der Waals surface area contributed by atoms with Crippen molar-refractivity contribution in [3.8, 4) is 17.0 Å². The number of para-hydroxylation sites is 1. The first-order valence-corrected chi connectivity index (χ1v) is 12.2. The van der Waals surface area contributed by atoms with Crippen LogP contribution in [0.1, 0.15) is 31.5 Å². The molecule has 2 atom stereocenters. The highest BCUT2D eigenvalue weighted by Gasteiger charge is 2.25. The van der Waals surface area contributed by atoms with Gasteiger partial charge in [-0.15, -0.1) is 0 Å². The number of hydrogen-bond donors (Lipinski definition) is 2. The van der Waals surface area contributed by atoms with Crippen LogP contribution in [0.4, 0.5) is 5.69 Å². The van der Waals surface area contributed by atoms with Crippen LogP contribution in [0.2, 0.25) is 5.02 Å². The van der Waals surface area contributed by atoms with Crippen LogP contribution in [0.3, 0.4) is 0 Å².